The lowest BCUT2D eigenvalue weighted by molar-refractivity contribution is -0.384. The lowest BCUT2D eigenvalue weighted by Gasteiger charge is -2.27. The number of nitrogens with one attached hydrogen (secondary N) is 1. The van der Waals surface area contributed by atoms with E-state index in [0.717, 1.165) is 0 Å². The van der Waals surface area contributed by atoms with Crippen LogP contribution < -0.4 is 5.32 Å². The smallest absolute Gasteiger partial charge is 0.276 e. The van der Waals surface area contributed by atoms with Crippen molar-refractivity contribution in [1.29, 1.82) is 0 Å². The van der Waals surface area contributed by atoms with Crippen molar-refractivity contribution in [3.05, 3.63) is 27.4 Å². The van der Waals surface area contributed by atoms with Crippen molar-refractivity contribution in [1.82, 2.24) is 4.98 Å². The summed E-state index contributed by atoms with van der Waals surface area (Å²) in [5.41, 5.74) is 0.109. The second kappa shape index (κ2) is 5.52. The van der Waals surface area contributed by atoms with Crippen LogP contribution in [-0.4, -0.2) is 16.5 Å². The molecule has 0 saturated heterocycles. The lowest BCUT2D eigenvalue weighted by Crippen LogP contribution is -2.25. The normalized spacial score (nSPS) is 13.2. The van der Waals surface area contributed by atoms with Gasteiger partial charge in [-0.2, -0.15) is 0 Å². The molecule has 1 heterocycles. The first kappa shape index (κ1) is 14.7. The first-order chi connectivity index (χ1) is 8.20. The van der Waals surface area contributed by atoms with Crippen molar-refractivity contribution in [2.45, 2.75) is 27.7 Å². The van der Waals surface area contributed by atoms with Crippen LogP contribution >= 0.6 is 11.6 Å². The third kappa shape index (κ3) is 4.14. The Bertz CT molecular complexity index is 443. The summed E-state index contributed by atoms with van der Waals surface area (Å²) < 4.78 is 0. The third-order valence-corrected chi connectivity index (χ3v) is 3.25. The van der Waals surface area contributed by atoms with Crippen LogP contribution in [0.15, 0.2) is 12.1 Å². The second-order valence-electron chi connectivity index (χ2n) is 5.44. The third-order valence-electron chi connectivity index (χ3n) is 3.06. The first-order valence-electron chi connectivity index (χ1n) is 5.76. The lowest BCUT2D eigenvalue weighted by atomic mass is 9.82. The molecule has 0 aromatic carbocycles. The minimum absolute atomic E-state index is 0.0547. The zero-order valence-corrected chi connectivity index (χ0v) is 11.8. The van der Waals surface area contributed by atoms with Crippen LogP contribution in [0.25, 0.3) is 0 Å². The van der Waals surface area contributed by atoms with Gasteiger partial charge in [0, 0.05) is 6.54 Å². The van der Waals surface area contributed by atoms with Crippen molar-refractivity contribution in [2.75, 3.05) is 11.9 Å². The molecule has 0 aliphatic rings. The number of hydrogen-bond donors (Lipinski definition) is 1. The SMILES string of the molecule is CC(CNc1cc([N+](=O)[O-])cc(Cl)n1)C(C)(C)C. The molecular formula is C12H18ClN3O2. The highest BCUT2D eigenvalue weighted by Crippen LogP contribution is 2.26. The van der Waals surface area contributed by atoms with Crippen molar-refractivity contribution in [3.8, 4) is 0 Å². The molecule has 1 aromatic rings. The first-order valence-corrected chi connectivity index (χ1v) is 6.14. The largest absolute Gasteiger partial charge is 0.370 e. The molecule has 0 aliphatic carbocycles. The van der Waals surface area contributed by atoms with Gasteiger partial charge >= 0.3 is 0 Å². The van der Waals surface area contributed by atoms with Crippen molar-refractivity contribution in [2.24, 2.45) is 11.3 Å². The summed E-state index contributed by atoms with van der Waals surface area (Å²) in [5, 5.41) is 13.9. The monoisotopic (exact) mass is 271 g/mol. The fourth-order valence-corrected chi connectivity index (χ4v) is 1.45. The number of nitro groups is 1. The van der Waals surface area contributed by atoms with E-state index in [2.05, 4.69) is 38.0 Å². The van der Waals surface area contributed by atoms with Gasteiger partial charge in [0.2, 0.25) is 0 Å². The molecule has 5 nitrogen and oxygen atoms in total. The quantitative estimate of drug-likeness (QED) is 0.515. The summed E-state index contributed by atoms with van der Waals surface area (Å²) in [5.74, 6) is 0.836. The van der Waals surface area contributed by atoms with Crippen molar-refractivity contribution < 1.29 is 4.92 Å². The number of aromatic nitrogens is 1. The topological polar surface area (TPSA) is 68.1 Å². The van der Waals surface area contributed by atoms with Crippen LogP contribution in [0.4, 0.5) is 11.5 Å². The Morgan fingerprint density at radius 3 is 2.61 bits per heavy atom. The zero-order valence-electron chi connectivity index (χ0n) is 11.0. The molecule has 0 radical (unpaired) electrons. The van der Waals surface area contributed by atoms with Gasteiger partial charge in [0.1, 0.15) is 11.0 Å². The minimum Gasteiger partial charge on any atom is -0.370 e. The summed E-state index contributed by atoms with van der Waals surface area (Å²) in [6, 6.07) is 2.63. The molecule has 6 heteroatoms. The van der Waals surface area contributed by atoms with E-state index in [1.54, 1.807) is 0 Å². The molecule has 1 atom stereocenters. The molecule has 1 rings (SSSR count). The molecule has 0 aliphatic heterocycles. The maximum atomic E-state index is 10.7. The molecule has 0 amide bonds. The van der Waals surface area contributed by atoms with Crippen LogP contribution in [0.1, 0.15) is 27.7 Å². The Balaban J connectivity index is 2.77. The number of nitrogens with zero attached hydrogens (tertiary/aromatic N) is 2. The maximum Gasteiger partial charge on any atom is 0.276 e. The zero-order chi connectivity index (χ0) is 13.9. The Kier molecular flexibility index (Phi) is 4.51. The highest BCUT2D eigenvalue weighted by Gasteiger charge is 2.20. The van der Waals surface area contributed by atoms with Crippen LogP contribution in [0.3, 0.4) is 0 Å². The van der Waals surface area contributed by atoms with Crippen molar-refractivity contribution >= 4 is 23.1 Å². The summed E-state index contributed by atoms with van der Waals surface area (Å²) in [7, 11) is 0. The standard InChI is InChI=1S/C12H18ClN3O2/c1-8(12(2,3)4)7-14-11-6-9(16(17)18)5-10(13)15-11/h5-6,8H,7H2,1-4H3,(H,14,15). The average molecular weight is 272 g/mol. The Labute approximate surface area is 112 Å². The summed E-state index contributed by atoms with van der Waals surface area (Å²) >= 11 is 5.74. The van der Waals surface area contributed by atoms with Gasteiger partial charge in [-0.3, -0.25) is 10.1 Å². The molecule has 1 aromatic heterocycles. The van der Waals surface area contributed by atoms with Gasteiger partial charge in [-0.25, -0.2) is 4.98 Å². The van der Waals surface area contributed by atoms with Gasteiger partial charge in [0.05, 0.1) is 17.1 Å². The Morgan fingerprint density at radius 2 is 2.11 bits per heavy atom. The van der Waals surface area contributed by atoms with Gasteiger partial charge in [-0.05, 0) is 11.3 Å². The molecule has 100 valence electrons. The van der Waals surface area contributed by atoms with Crippen LogP contribution in [-0.2, 0) is 0 Å². The molecule has 0 saturated carbocycles. The molecule has 0 fully saturated rings. The van der Waals surface area contributed by atoms with Crippen LogP contribution in [0, 0.1) is 21.4 Å². The molecule has 0 bridgehead atoms. The second-order valence-corrected chi connectivity index (χ2v) is 5.83. The van der Waals surface area contributed by atoms with Gasteiger partial charge in [0.15, 0.2) is 0 Å². The number of anilines is 1. The molecule has 18 heavy (non-hydrogen) atoms. The maximum absolute atomic E-state index is 10.7. The number of halogens is 1. The average Bonchev–Trinajstić information content (AvgIpc) is 2.23. The van der Waals surface area contributed by atoms with E-state index >= 15 is 0 Å². The van der Waals surface area contributed by atoms with E-state index in [0.29, 0.717) is 18.3 Å². The molecule has 0 spiro atoms. The number of pyridine rings is 1. The molecule has 1 N–H and O–H groups in total. The predicted octanol–water partition coefficient (Wildman–Crippen LogP) is 3.74. The van der Waals surface area contributed by atoms with Crippen LogP contribution in [0.5, 0.6) is 0 Å². The van der Waals surface area contributed by atoms with Gasteiger partial charge in [-0.15, -0.1) is 0 Å². The fraction of sp³-hybridized carbons (Fsp3) is 0.583. The number of hydrogen-bond acceptors (Lipinski definition) is 4. The molecular weight excluding hydrogens is 254 g/mol. The van der Waals surface area contributed by atoms with Gasteiger partial charge in [-0.1, -0.05) is 39.3 Å². The Hall–Kier alpha value is -1.36. The highest BCUT2D eigenvalue weighted by molar-refractivity contribution is 6.29. The fourth-order valence-electron chi connectivity index (χ4n) is 1.24. The van der Waals surface area contributed by atoms with E-state index in [1.165, 1.54) is 12.1 Å². The van der Waals surface area contributed by atoms with E-state index in [1.807, 2.05) is 0 Å². The van der Waals surface area contributed by atoms with Gasteiger partial charge < -0.3 is 5.32 Å². The number of rotatable bonds is 4. The van der Waals surface area contributed by atoms with E-state index in [-0.39, 0.29) is 16.3 Å². The highest BCUT2D eigenvalue weighted by atomic mass is 35.5. The molecule has 1 unspecified atom stereocenters. The van der Waals surface area contributed by atoms with Crippen LogP contribution in [0.2, 0.25) is 5.15 Å². The van der Waals surface area contributed by atoms with Crippen molar-refractivity contribution in [3.63, 3.8) is 0 Å². The Morgan fingerprint density at radius 1 is 1.50 bits per heavy atom. The minimum atomic E-state index is -0.480. The predicted molar refractivity (Wildman–Crippen MR) is 73.0 cm³/mol. The van der Waals surface area contributed by atoms with E-state index in [4.69, 9.17) is 11.6 Å². The van der Waals surface area contributed by atoms with Gasteiger partial charge in [0.25, 0.3) is 5.69 Å². The summed E-state index contributed by atoms with van der Waals surface area (Å²) in [4.78, 5) is 14.2. The van der Waals surface area contributed by atoms with E-state index < -0.39 is 4.92 Å². The summed E-state index contributed by atoms with van der Waals surface area (Å²) in [6.07, 6.45) is 0. The van der Waals surface area contributed by atoms with E-state index in [9.17, 15) is 10.1 Å². The summed E-state index contributed by atoms with van der Waals surface area (Å²) in [6.45, 7) is 9.24.